The molecular weight excluding hydrogens is 444 g/mol. The monoisotopic (exact) mass is 476 g/mol. The molecule has 0 saturated carbocycles. The molecule has 0 N–H and O–H groups in total. The number of furan rings is 1. The fourth-order valence-electron chi connectivity index (χ4n) is 2.75. The number of aromatic nitrogens is 1. The molecule has 2 aromatic heterocycles. The van der Waals surface area contributed by atoms with Gasteiger partial charge in [-0.3, -0.25) is 4.98 Å². The lowest BCUT2D eigenvalue weighted by Gasteiger charge is -2.27. The zero-order valence-electron chi connectivity index (χ0n) is 20.9. The van der Waals surface area contributed by atoms with Crippen LogP contribution < -0.4 is 4.90 Å². The number of imide groups is 1. The van der Waals surface area contributed by atoms with Crippen molar-refractivity contribution in [1.29, 1.82) is 0 Å². The zero-order chi connectivity index (χ0) is 25.7. The average Bonchev–Trinajstić information content (AvgIpc) is 3.03. The fraction of sp³-hybridized carbons (Fsp3) is 0.500. The molecule has 0 aliphatic carbocycles. The van der Waals surface area contributed by atoms with Gasteiger partial charge in [0.1, 0.15) is 16.7 Å². The average molecular weight is 477 g/mol. The van der Waals surface area contributed by atoms with Gasteiger partial charge in [-0.1, -0.05) is 12.2 Å². The van der Waals surface area contributed by atoms with E-state index >= 15 is 0 Å². The fourth-order valence-corrected chi connectivity index (χ4v) is 2.75. The van der Waals surface area contributed by atoms with Gasteiger partial charge in [0.05, 0.1) is 13.2 Å². The molecule has 0 atom stereocenters. The number of esters is 1. The van der Waals surface area contributed by atoms with Crippen molar-refractivity contribution in [3.8, 4) is 0 Å². The SMILES string of the molecule is CCOC(=O)c1c(N(C(=O)OC(C)(C)C)C(=O)OC(C)(C)C)oc2cc(C=CCOC)cnc12. The minimum atomic E-state index is -1.08. The summed E-state index contributed by atoms with van der Waals surface area (Å²) in [5.74, 6) is -1.22. The molecule has 0 aliphatic heterocycles. The third-order valence-corrected chi connectivity index (χ3v) is 3.94. The van der Waals surface area contributed by atoms with Crippen molar-refractivity contribution in [2.45, 2.75) is 59.7 Å². The number of methoxy groups -OCH3 is 1. The minimum Gasteiger partial charge on any atom is -0.462 e. The molecule has 2 rings (SSSR count). The van der Waals surface area contributed by atoms with Gasteiger partial charge < -0.3 is 23.4 Å². The zero-order valence-corrected chi connectivity index (χ0v) is 20.9. The second kappa shape index (κ2) is 10.7. The molecule has 0 aliphatic rings. The van der Waals surface area contributed by atoms with E-state index < -0.39 is 35.2 Å². The van der Waals surface area contributed by atoms with Crippen LogP contribution in [0.1, 0.15) is 64.4 Å². The van der Waals surface area contributed by atoms with Crippen LogP contribution in [0.2, 0.25) is 0 Å². The highest BCUT2D eigenvalue weighted by molar-refractivity contribution is 6.16. The molecule has 0 saturated heterocycles. The van der Waals surface area contributed by atoms with Gasteiger partial charge in [0.2, 0.25) is 5.88 Å². The number of carbonyl (C=O) groups is 3. The lowest BCUT2D eigenvalue weighted by Crippen LogP contribution is -2.44. The van der Waals surface area contributed by atoms with Gasteiger partial charge in [0.25, 0.3) is 0 Å². The molecule has 0 radical (unpaired) electrons. The maximum Gasteiger partial charge on any atom is 0.427 e. The van der Waals surface area contributed by atoms with Crippen molar-refractivity contribution in [2.24, 2.45) is 0 Å². The van der Waals surface area contributed by atoms with Crippen LogP contribution in [0, 0.1) is 0 Å². The highest BCUT2D eigenvalue weighted by atomic mass is 16.6. The van der Waals surface area contributed by atoms with Crippen LogP contribution in [0.4, 0.5) is 15.5 Å². The summed E-state index contributed by atoms with van der Waals surface area (Å²) in [5, 5.41) is 0. The minimum absolute atomic E-state index is 0.0572. The largest absolute Gasteiger partial charge is 0.462 e. The van der Waals surface area contributed by atoms with Gasteiger partial charge in [0.15, 0.2) is 11.1 Å². The number of amides is 2. The van der Waals surface area contributed by atoms with Crippen molar-refractivity contribution in [3.63, 3.8) is 0 Å². The first-order valence-electron chi connectivity index (χ1n) is 10.8. The summed E-state index contributed by atoms with van der Waals surface area (Å²) in [5.41, 5.74) is -1.14. The van der Waals surface area contributed by atoms with Gasteiger partial charge in [-0.15, -0.1) is 4.90 Å². The smallest absolute Gasteiger partial charge is 0.427 e. The molecule has 186 valence electrons. The summed E-state index contributed by atoms with van der Waals surface area (Å²) >= 11 is 0. The molecule has 0 spiro atoms. The van der Waals surface area contributed by atoms with Crippen LogP contribution in [0.25, 0.3) is 17.2 Å². The molecule has 0 unspecified atom stereocenters. The van der Waals surface area contributed by atoms with Crippen molar-refractivity contribution in [1.82, 2.24) is 4.98 Å². The van der Waals surface area contributed by atoms with Gasteiger partial charge in [-0.25, -0.2) is 14.4 Å². The summed E-state index contributed by atoms with van der Waals surface area (Å²) in [6.45, 7) is 11.9. The van der Waals surface area contributed by atoms with E-state index in [0.717, 1.165) is 0 Å². The number of hydrogen-bond donors (Lipinski definition) is 0. The molecule has 2 aromatic rings. The Bertz CT molecular complexity index is 1050. The van der Waals surface area contributed by atoms with E-state index in [2.05, 4.69) is 4.98 Å². The van der Waals surface area contributed by atoms with Crippen LogP contribution in [-0.4, -0.2) is 54.7 Å². The van der Waals surface area contributed by atoms with E-state index in [1.807, 2.05) is 0 Å². The number of anilines is 1. The predicted octanol–water partition coefficient (Wildman–Crippen LogP) is 5.34. The lowest BCUT2D eigenvalue weighted by molar-refractivity contribution is 0.0422. The number of hydrogen-bond acceptors (Lipinski definition) is 9. The van der Waals surface area contributed by atoms with Crippen molar-refractivity contribution in [3.05, 3.63) is 29.5 Å². The van der Waals surface area contributed by atoms with Crippen molar-refractivity contribution < 1.29 is 37.7 Å². The molecule has 0 fully saturated rings. The van der Waals surface area contributed by atoms with Crippen molar-refractivity contribution >= 4 is 41.2 Å². The molecule has 2 heterocycles. The standard InChI is InChI=1S/C24H32N2O8/c1-9-31-20(27)17-18-16(13-15(14-25-18)11-10-12-30-8)32-19(17)26(21(28)33-23(2,3)4)22(29)34-24(5,6)7/h10-11,13-14H,9,12H2,1-8H3. The number of fused-ring (bicyclic) bond motifs is 1. The quantitative estimate of drug-likeness (QED) is 0.402. The van der Waals surface area contributed by atoms with Gasteiger partial charge in [-0.2, -0.15) is 0 Å². The first-order valence-corrected chi connectivity index (χ1v) is 10.8. The van der Waals surface area contributed by atoms with E-state index in [0.29, 0.717) is 17.1 Å². The molecule has 34 heavy (non-hydrogen) atoms. The molecule has 0 aromatic carbocycles. The van der Waals surface area contributed by atoms with E-state index in [9.17, 15) is 14.4 Å². The van der Waals surface area contributed by atoms with Crippen LogP contribution in [0.15, 0.2) is 22.8 Å². The van der Waals surface area contributed by atoms with Crippen LogP contribution >= 0.6 is 0 Å². The van der Waals surface area contributed by atoms with Crippen LogP contribution in [0.3, 0.4) is 0 Å². The highest BCUT2D eigenvalue weighted by Gasteiger charge is 2.39. The Kier molecular flexibility index (Phi) is 8.44. The summed E-state index contributed by atoms with van der Waals surface area (Å²) in [6.07, 6.45) is 2.88. The normalized spacial score (nSPS) is 12.1. The molecule has 2 amide bonds. The summed E-state index contributed by atoms with van der Waals surface area (Å²) < 4.78 is 26.8. The highest BCUT2D eigenvalue weighted by Crippen LogP contribution is 2.34. The summed E-state index contributed by atoms with van der Waals surface area (Å²) in [7, 11) is 1.57. The molecule has 0 bridgehead atoms. The van der Waals surface area contributed by atoms with E-state index in [1.54, 1.807) is 73.8 Å². The Balaban J connectivity index is 2.72. The number of ether oxygens (including phenoxy) is 4. The maximum atomic E-state index is 13.1. The predicted molar refractivity (Wildman–Crippen MR) is 126 cm³/mol. The Hall–Kier alpha value is -3.40. The topological polar surface area (TPSA) is 117 Å². The number of carbonyl (C=O) groups excluding carboxylic acids is 3. The van der Waals surface area contributed by atoms with E-state index in [4.69, 9.17) is 23.4 Å². The molecule has 10 heteroatoms. The van der Waals surface area contributed by atoms with E-state index in [1.165, 1.54) is 6.20 Å². The summed E-state index contributed by atoms with van der Waals surface area (Å²) in [6, 6.07) is 1.61. The Labute approximate surface area is 198 Å². The van der Waals surface area contributed by atoms with Crippen LogP contribution in [0.5, 0.6) is 0 Å². The number of rotatable bonds is 6. The third-order valence-electron chi connectivity index (χ3n) is 3.94. The van der Waals surface area contributed by atoms with Crippen molar-refractivity contribution in [2.75, 3.05) is 25.2 Å². The first-order chi connectivity index (χ1) is 15.8. The summed E-state index contributed by atoms with van der Waals surface area (Å²) in [4.78, 5) is 43.9. The Morgan fingerprint density at radius 2 is 1.65 bits per heavy atom. The molecular formula is C24H32N2O8. The maximum absolute atomic E-state index is 13.1. The number of nitrogens with zero attached hydrogens (tertiary/aromatic N) is 2. The Morgan fingerprint density at radius 1 is 1.06 bits per heavy atom. The van der Waals surface area contributed by atoms with Gasteiger partial charge >= 0.3 is 18.2 Å². The lowest BCUT2D eigenvalue weighted by atomic mass is 10.2. The van der Waals surface area contributed by atoms with E-state index in [-0.39, 0.29) is 23.3 Å². The van der Waals surface area contributed by atoms with Crippen LogP contribution in [-0.2, 0) is 18.9 Å². The first kappa shape index (κ1) is 26.8. The van der Waals surface area contributed by atoms with Gasteiger partial charge in [0, 0.05) is 13.3 Å². The third kappa shape index (κ3) is 7.05. The number of pyridine rings is 1. The second-order valence-corrected chi connectivity index (χ2v) is 9.27. The second-order valence-electron chi connectivity index (χ2n) is 9.27. The molecule has 10 nitrogen and oxygen atoms in total. The van der Waals surface area contributed by atoms with Gasteiger partial charge in [-0.05, 0) is 60.1 Å². The Morgan fingerprint density at radius 3 is 2.15 bits per heavy atom.